The van der Waals surface area contributed by atoms with Gasteiger partial charge in [0.1, 0.15) is 0 Å². The highest BCUT2D eigenvalue weighted by Gasteiger charge is 2.25. The first kappa shape index (κ1) is 13.4. The summed E-state index contributed by atoms with van der Waals surface area (Å²) in [5, 5.41) is 13.0. The number of hydrogen-bond donors (Lipinski definition) is 1. The minimum atomic E-state index is -1.06. The highest BCUT2D eigenvalue weighted by atomic mass is 16.4. The van der Waals surface area contributed by atoms with Crippen LogP contribution in [0, 0.1) is 6.92 Å². The van der Waals surface area contributed by atoms with Crippen LogP contribution in [-0.4, -0.2) is 38.2 Å². The number of rotatable bonds is 2. The molecule has 3 heterocycles. The van der Waals surface area contributed by atoms with Gasteiger partial charge in [-0.15, -0.1) is 0 Å². The number of carboxylic acids is 1. The smallest absolute Gasteiger partial charge is 0.356 e. The van der Waals surface area contributed by atoms with Gasteiger partial charge in [-0.3, -0.25) is 9.48 Å². The Kier molecular flexibility index (Phi) is 3.25. The van der Waals surface area contributed by atoms with Gasteiger partial charge >= 0.3 is 5.97 Å². The number of furan rings is 1. The summed E-state index contributed by atoms with van der Waals surface area (Å²) in [6.45, 7) is 3.34. The summed E-state index contributed by atoms with van der Waals surface area (Å²) in [4.78, 5) is 25.1. The number of carbonyl (C=O) groups excluding carboxylic acids is 1. The summed E-state index contributed by atoms with van der Waals surface area (Å²) in [5.41, 5.74) is 1.53. The minimum Gasteiger partial charge on any atom is -0.476 e. The van der Waals surface area contributed by atoms with Gasteiger partial charge in [0.25, 0.3) is 5.91 Å². The fourth-order valence-corrected chi connectivity index (χ4v) is 2.48. The number of fused-ring (bicyclic) bond motifs is 1. The number of carbonyl (C=O) groups is 2. The van der Waals surface area contributed by atoms with E-state index in [1.165, 1.54) is 12.3 Å². The molecule has 1 N–H and O–H groups in total. The monoisotopic (exact) mass is 289 g/mol. The Hall–Kier alpha value is -2.57. The van der Waals surface area contributed by atoms with Gasteiger partial charge in [0, 0.05) is 18.7 Å². The summed E-state index contributed by atoms with van der Waals surface area (Å²) in [6, 6.07) is 3.26. The van der Waals surface area contributed by atoms with Crippen molar-refractivity contribution in [2.75, 3.05) is 6.54 Å². The summed E-state index contributed by atoms with van der Waals surface area (Å²) < 4.78 is 6.90. The van der Waals surface area contributed by atoms with Crippen molar-refractivity contribution < 1.29 is 19.1 Å². The zero-order chi connectivity index (χ0) is 15.0. The lowest BCUT2D eigenvalue weighted by Crippen LogP contribution is -2.30. The Morgan fingerprint density at radius 1 is 1.38 bits per heavy atom. The number of amides is 1. The summed E-state index contributed by atoms with van der Waals surface area (Å²) in [7, 11) is 0. The van der Waals surface area contributed by atoms with E-state index in [-0.39, 0.29) is 11.6 Å². The molecule has 7 nitrogen and oxygen atoms in total. The first-order valence-electron chi connectivity index (χ1n) is 6.69. The molecular formula is C14H15N3O4. The van der Waals surface area contributed by atoms with Gasteiger partial charge in [-0.1, -0.05) is 0 Å². The van der Waals surface area contributed by atoms with Crippen molar-refractivity contribution in [2.45, 2.75) is 26.4 Å². The highest BCUT2D eigenvalue weighted by molar-refractivity contribution is 5.92. The molecule has 1 amide bonds. The summed E-state index contributed by atoms with van der Waals surface area (Å²) in [5.74, 6) is -0.902. The number of aromatic nitrogens is 2. The molecular weight excluding hydrogens is 274 g/mol. The van der Waals surface area contributed by atoms with Gasteiger partial charge in [0.05, 0.1) is 18.5 Å². The fraction of sp³-hybridized carbons (Fsp3) is 0.357. The highest BCUT2D eigenvalue weighted by Crippen LogP contribution is 2.18. The van der Waals surface area contributed by atoms with E-state index in [0.29, 0.717) is 25.4 Å². The third-order valence-electron chi connectivity index (χ3n) is 3.58. The fourth-order valence-electron chi connectivity index (χ4n) is 2.48. The van der Waals surface area contributed by atoms with E-state index in [4.69, 9.17) is 9.52 Å². The zero-order valence-electron chi connectivity index (χ0n) is 11.6. The molecule has 0 bridgehead atoms. The van der Waals surface area contributed by atoms with Crippen LogP contribution in [0.2, 0.25) is 0 Å². The van der Waals surface area contributed by atoms with Crippen LogP contribution in [0.15, 0.2) is 22.8 Å². The van der Waals surface area contributed by atoms with Gasteiger partial charge in [-0.2, -0.15) is 5.10 Å². The topological polar surface area (TPSA) is 88.6 Å². The number of carboxylic acid groups (broad SMARTS) is 1. The third-order valence-corrected chi connectivity index (χ3v) is 3.58. The minimum absolute atomic E-state index is 0.00785. The van der Waals surface area contributed by atoms with Crippen molar-refractivity contribution in [3.63, 3.8) is 0 Å². The summed E-state index contributed by atoms with van der Waals surface area (Å²) >= 11 is 0. The second-order valence-corrected chi connectivity index (χ2v) is 5.06. The van der Waals surface area contributed by atoms with E-state index in [2.05, 4.69) is 5.10 Å². The second kappa shape index (κ2) is 5.08. The molecule has 110 valence electrons. The number of aromatic carboxylic acids is 1. The lowest BCUT2D eigenvalue weighted by molar-refractivity contribution is 0.0688. The van der Waals surface area contributed by atoms with Gasteiger partial charge in [-0.05, 0) is 25.5 Å². The van der Waals surface area contributed by atoms with Crippen LogP contribution in [-0.2, 0) is 13.1 Å². The quantitative estimate of drug-likeness (QED) is 0.905. The maximum absolute atomic E-state index is 12.5. The molecule has 7 heteroatoms. The second-order valence-electron chi connectivity index (χ2n) is 5.06. The molecule has 1 aliphatic rings. The van der Waals surface area contributed by atoms with E-state index < -0.39 is 5.97 Å². The van der Waals surface area contributed by atoms with Crippen molar-refractivity contribution in [3.05, 3.63) is 41.1 Å². The zero-order valence-corrected chi connectivity index (χ0v) is 11.6. The molecule has 1 aliphatic heterocycles. The Morgan fingerprint density at radius 2 is 2.19 bits per heavy atom. The predicted molar refractivity (Wildman–Crippen MR) is 72.0 cm³/mol. The Balaban J connectivity index is 1.87. The van der Waals surface area contributed by atoms with Crippen LogP contribution < -0.4 is 0 Å². The van der Waals surface area contributed by atoms with Crippen molar-refractivity contribution in [1.29, 1.82) is 0 Å². The Morgan fingerprint density at radius 3 is 2.86 bits per heavy atom. The first-order valence-corrected chi connectivity index (χ1v) is 6.69. The Labute approximate surface area is 120 Å². The molecule has 0 atom stereocenters. The molecule has 2 aromatic heterocycles. The van der Waals surface area contributed by atoms with Crippen LogP contribution in [0.25, 0.3) is 0 Å². The third kappa shape index (κ3) is 2.42. The van der Waals surface area contributed by atoms with E-state index in [1.807, 2.05) is 6.92 Å². The Bertz CT molecular complexity index is 701. The van der Waals surface area contributed by atoms with Crippen molar-refractivity contribution in [2.24, 2.45) is 0 Å². The van der Waals surface area contributed by atoms with Gasteiger partial charge in [-0.25, -0.2) is 4.79 Å². The lowest BCUT2D eigenvalue weighted by Gasteiger charge is -2.18. The van der Waals surface area contributed by atoms with Gasteiger partial charge in [0.15, 0.2) is 11.5 Å². The van der Waals surface area contributed by atoms with E-state index in [9.17, 15) is 9.59 Å². The molecule has 0 fully saturated rings. The van der Waals surface area contributed by atoms with Crippen LogP contribution >= 0.6 is 0 Å². The molecule has 0 aromatic carbocycles. The van der Waals surface area contributed by atoms with E-state index in [0.717, 1.165) is 17.7 Å². The molecule has 3 rings (SSSR count). The SMILES string of the molecule is Cc1ccoc1C(=O)N1CCCn2nc(C(=O)O)cc2C1. The predicted octanol–water partition coefficient (Wildman–Crippen LogP) is 1.53. The maximum atomic E-state index is 12.5. The molecule has 0 unspecified atom stereocenters. The molecule has 0 aliphatic carbocycles. The van der Waals surface area contributed by atoms with Crippen LogP contribution in [0.5, 0.6) is 0 Å². The summed E-state index contributed by atoms with van der Waals surface area (Å²) in [6.07, 6.45) is 2.21. The molecule has 2 aromatic rings. The lowest BCUT2D eigenvalue weighted by atomic mass is 10.2. The molecule has 0 saturated heterocycles. The van der Waals surface area contributed by atoms with Crippen molar-refractivity contribution in [3.8, 4) is 0 Å². The molecule has 21 heavy (non-hydrogen) atoms. The average Bonchev–Trinajstić information content (AvgIpc) is 2.99. The van der Waals surface area contributed by atoms with E-state index >= 15 is 0 Å². The molecule has 0 saturated carbocycles. The van der Waals surface area contributed by atoms with Crippen LogP contribution in [0.4, 0.5) is 0 Å². The molecule has 0 spiro atoms. The van der Waals surface area contributed by atoms with Crippen molar-refractivity contribution >= 4 is 11.9 Å². The number of aryl methyl sites for hydroxylation is 2. The van der Waals surface area contributed by atoms with Gasteiger partial charge < -0.3 is 14.4 Å². The van der Waals surface area contributed by atoms with Crippen molar-refractivity contribution in [1.82, 2.24) is 14.7 Å². The maximum Gasteiger partial charge on any atom is 0.356 e. The molecule has 0 radical (unpaired) electrons. The number of hydrogen-bond acceptors (Lipinski definition) is 4. The first-order chi connectivity index (χ1) is 10.1. The van der Waals surface area contributed by atoms with Crippen LogP contribution in [0.1, 0.15) is 38.7 Å². The van der Waals surface area contributed by atoms with E-state index in [1.54, 1.807) is 15.6 Å². The largest absolute Gasteiger partial charge is 0.476 e. The standard InChI is InChI=1S/C14H15N3O4/c1-9-3-6-21-12(9)13(18)16-4-2-5-17-10(8-16)7-11(15-17)14(19)20/h3,6-7H,2,4-5,8H2,1H3,(H,19,20). The van der Waals surface area contributed by atoms with Crippen LogP contribution in [0.3, 0.4) is 0 Å². The number of nitrogens with zero attached hydrogens (tertiary/aromatic N) is 3. The van der Waals surface area contributed by atoms with Gasteiger partial charge in [0.2, 0.25) is 0 Å². The average molecular weight is 289 g/mol. The normalized spacial score (nSPS) is 14.6.